The predicted octanol–water partition coefficient (Wildman–Crippen LogP) is 2.35. The zero-order valence-corrected chi connectivity index (χ0v) is 5.70. The molecule has 0 heterocycles. The van der Waals surface area contributed by atoms with Crippen LogP contribution in [0.25, 0.3) is 0 Å². The molecule has 0 aromatic rings. The van der Waals surface area contributed by atoms with Crippen molar-refractivity contribution in [2.75, 3.05) is 0 Å². The largest absolute Gasteiger partial charge is 0.0906 e. The third-order valence-corrected chi connectivity index (χ3v) is 0.763. The maximum atomic E-state index is 3.35. The van der Waals surface area contributed by atoms with Crippen molar-refractivity contribution >= 4 is 15.9 Å². The Balaban J connectivity index is 3.03. The summed E-state index contributed by atoms with van der Waals surface area (Å²) in [4.78, 5) is 0.530. The summed E-state index contributed by atoms with van der Waals surface area (Å²) in [5.41, 5.74) is 0. The average Bonchev–Trinajstić information content (AvgIpc) is 1.35. The second-order valence-corrected chi connectivity index (χ2v) is 2.65. The fourth-order valence-electron chi connectivity index (χ4n) is 0.265. The van der Waals surface area contributed by atoms with Gasteiger partial charge in [0.25, 0.3) is 0 Å². The highest BCUT2D eigenvalue weighted by atomic mass is 79.9. The summed E-state index contributed by atoms with van der Waals surface area (Å²) < 4.78 is 0. The number of allylic oxidation sites excluding steroid dienone is 2. The number of hydrogen-bond acceptors (Lipinski definition) is 0. The highest BCUT2D eigenvalue weighted by Crippen LogP contribution is 1.96. The van der Waals surface area contributed by atoms with Gasteiger partial charge in [-0.25, -0.2) is 0 Å². The van der Waals surface area contributed by atoms with Crippen LogP contribution in [0, 0.1) is 0 Å². The molecular formula is C5H9Br. The van der Waals surface area contributed by atoms with Crippen molar-refractivity contribution in [1.82, 2.24) is 0 Å². The molecular weight excluding hydrogens is 140 g/mol. The van der Waals surface area contributed by atoms with Crippen LogP contribution in [0.2, 0.25) is 0 Å². The second-order valence-electron chi connectivity index (χ2n) is 1.20. The Labute approximate surface area is 47.4 Å². The van der Waals surface area contributed by atoms with E-state index in [2.05, 4.69) is 28.9 Å². The van der Waals surface area contributed by atoms with E-state index in [1.807, 2.05) is 13.0 Å². The highest BCUT2D eigenvalue weighted by Gasteiger charge is 1.79. The molecule has 0 bridgehead atoms. The minimum atomic E-state index is 0.530. The molecule has 0 unspecified atom stereocenters. The van der Waals surface area contributed by atoms with Gasteiger partial charge in [-0.1, -0.05) is 28.1 Å². The van der Waals surface area contributed by atoms with Crippen molar-refractivity contribution in [2.45, 2.75) is 18.7 Å². The molecule has 36 valence electrons. The molecule has 0 nitrogen and oxygen atoms in total. The van der Waals surface area contributed by atoms with E-state index in [9.17, 15) is 0 Å². The molecule has 6 heavy (non-hydrogen) atoms. The first-order chi connectivity index (χ1) is 2.77. The van der Waals surface area contributed by atoms with Crippen LogP contribution in [0.15, 0.2) is 12.2 Å². The Hall–Kier alpha value is 0.220. The number of rotatable bonds is 1. The maximum absolute atomic E-state index is 3.35. The van der Waals surface area contributed by atoms with E-state index >= 15 is 0 Å². The molecule has 0 N–H and O–H groups in total. The van der Waals surface area contributed by atoms with E-state index in [4.69, 9.17) is 0 Å². The third kappa shape index (κ3) is 4.22. The SMILES string of the molecule is C/C=C/[C@@H](C)Br. The van der Waals surface area contributed by atoms with Crippen molar-refractivity contribution in [3.63, 3.8) is 0 Å². The summed E-state index contributed by atoms with van der Waals surface area (Å²) in [6.45, 7) is 4.10. The average molecular weight is 149 g/mol. The van der Waals surface area contributed by atoms with Crippen LogP contribution in [0.1, 0.15) is 13.8 Å². The lowest BCUT2D eigenvalue weighted by atomic mass is 10.4. The van der Waals surface area contributed by atoms with Crippen molar-refractivity contribution < 1.29 is 0 Å². The molecule has 1 heteroatoms. The number of halogens is 1. The molecule has 0 fully saturated rings. The smallest absolute Gasteiger partial charge is 0.0296 e. The van der Waals surface area contributed by atoms with Gasteiger partial charge in [-0.15, -0.1) is 0 Å². The van der Waals surface area contributed by atoms with Crippen molar-refractivity contribution in [1.29, 1.82) is 0 Å². The normalized spacial score (nSPS) is 15.8. The summed E-state index contributed by atoms with van der Waals surface area (Å²) in [7, 11) is 0. The summed E-state index contributed by atoms with van der Waals surface area (Å²) in [6, 6.07) is 0. The van der Waals surface area contributed by atoms with Crippen molar-refractivity contribution in [3.8, 4) is 0 Å². The summed E-state index contributed by atoms with van der Waals surface area (Å²) in [6.07, 6.45) is 4.11. The van der Waals surface area contributed by atoms with Gasteiger partial charge in [0.1, 0.15) is 0 Å². The second kappa shape index (κ2) is 3.41. The maximum Gasteiger partial charge on any atom is 0.0296 e. The first-order valence-electron chi connectivity index (χ1n) is 2.04. The molecule has 0 aromatic heterocycles. The van der Waals surface area contributed by atoms with E-state index in [0.29, 0.717) is 4.83 Å². The zero-order valence-electron chi connectivity index (χ0n) is 4.11. The minimum Gasteiger partial charge on any atom is -0.0906 e. The zero-order chi connectivity index (χ0) is 4.99. The van der Waals surface area contributed by atoms with E-state index in [1.54, 1.807) is 0 Å². The van der Waals surface area contributed by atoms with E-state index < -0.39 is 0 Å². The molecule has 0 amide bonds. The molecule has 0 saturated carbocycles. The standard InChI is InChI=1S/C5H9Br/c1-3-4-5(2)6/h3-5H,1-2H3/b4-3+/t5-/m1/s1. The quantitative estimate of drug-likeness (QED) is 0.396. The van der Waals surface area contributed by atoms with Gasteiger partial charge >= 0.3 is 0 Å². The Morgan fingerprint density at radius 3 is 2.17 bits per heavy atom. The van der Waals surface area contributed by atoms with Crippen LogP contribution in [0.5, 0.6) is 0 Å². The molecule has 0 saturated heterocycles. The van der Waals surface area contributed by atoms with Gasteiger partial charge in [0.15, 0.2) is 0 Å². The molecule has 0 aliphatic heterocycles. The first-order valence-corrected chi connectivity index (χ1v) is 2.96. The summed E-state index contributed by atoms with van der Waals surface area (Å²) in [5.74, 6) is 0. The van der Waals surface area contributed by atoms with Gasteiger partial charge in [0, 0.05) is 4.83 Å². The summed E-state index contributed by atoms with van der Waals surface area (Å²) in [5, 5.41) is 0. The lowest BCUT2D eigenvalue weighted by molar-refractivity contribution is 1.27. The van der Waals surface area contributed by atoms with Crippen LogP contribution < -0.4 is 0 Å². The first kappa shape index (κ1) is 6.22. The van der Waals surface area contributed by atoms with Crippen LogP contribution in [0.4, 0.5) is 0 Å². The van der Waals surface area contributed by atoms with Gasteiger partial charge in [0.2, 0.25) is 0 Å². The van der Waals surface area contributed by atoms with E-state index in [0.717, 1.165) is 0 Å². The molecule has 0 aromatic carbocycles. The topological polar surface area (TPSA) is 0 Å². The third-order valence-electron chi connectivity index (χ3n) is 0.458. The predicted molar refractivity (Wildman–Crippen MR) is 33.2 cm³/mol. The summed E-state index contributed by atoms with van der Waals surface area (Å²) >= 11 is 3.35. The minimum absolute atomic E-state index is 0.530. The Morgan fingerprint density at radius 1 is 1.67 bits per heavy atom. The van der Waals surface area contributed by atoms with Crippen LogP contribution in [0.3, 0.4) is 0 Å². The van der Waals surface area contributed by atoms with Crippen molar-refractivity contribution in [3.05, 3.63) is 12.2 Å². The van der Waals surface area contributed by atoms with E-state index in [-0.39, 0.29) is 0 Å². The molecule has 0 rings (SSSR count). The molecule has 0 aliphatic carbocycles. The Morgan fingerprint density at radius 2 is 2.17 bits per heavy atom. The van der Waals surface area contributed by atoms with Gasteiger partial charge in [-0.2, -0.15) is 0 Å². The molecule has 0 aliphatic rings. The lowest BCUT2D eigenvalue weighted by Crippen LogP contribution is -1.76. The van der Waals surface area contributed by atoms with Gasteiger partial charge < -0.3 is 0 Å². The fraction of sp³-hybridized carbons (Fsp3) is 0.600. The lowest BCUT2D eigenvalue weighted by Gasteiger charge is -1.84. The monoisotopic (exact) mass is 148 g/mol. The van der Waals surface area contributed by atoms with Crippen LogP contribution in [-0.4, -0.2) is 4.83 Å². The highest BCUT2D eigenvalue weighted by molar-refractivity contribution is 9.09. The van der Waals surface area contributed by atoms with E-state index in [1.165, 1.54) is 0 Å². The van der Waals surface area contributed by atoms with Gasteiger partial charge in [-0.3, -0.25) is 0 Å². The number of alkyl halides is 1. The molecule has 0 radical (unpaired) electrons. The van der Waals surface area contributed by atoms with Gasteiger partial charge in [-0.05, 0) is 13.8 Å². The Kier molecular flexibility index (Phi) is 3.54. The molecule has 1 atom stereocenters. The van der Waals surface area contributed by atoms with Crippen LogP contribution >= 0.6 is 15.9 Å². The van der Waals surface area contributed by atoms with Crippen molar-refractivity contribution in [2.24, 2.45) is 0 Å². The fourth-order valence-corrected chi connectivity index (χ4v) is 0.570. The van der Waals surface area contributed by atoms with Gasteiger partial charge in [0.05, 0.1) is 0 Å². The molecule has 0 spiro atoms. The number of hydrogen-bond donors (Lipinski definition) is 0. The van der Waals surface area contributed by atoms with Crippen LogP contribution in [-0.2, 0) is 0 Å². The Bertz CT molecular complexity index is 45.9.